The number of benzene rings is 1. The minimum absolute atomic E-state index is 0.0226. The zero-order valence-corrected chi connectivity index (χ0v) is 14.8. The van der Waals surface area contributed by atoms with E-state index in [1.165, 1.54) is 5.56 Å². The standard InChI is InChI=1S/C17H21BNO5P/c18-16-14-15(17(9-20,22-16)10-21-14)24-25-19-8-4-7-12(19)13(23-25)11-5-2-1-3-6-11/h1-3,5-6,12-16,20H,4,7-10H2/t12?,13?,14?,15?,16-,17+,25?/m1/s1. The quantitative estimate of drug-likeness (QED) is 0.648. The summed E-state index contributed by atoms with van der Waals surface area (Å²) in [5.41, 5.74) is 0.319. The van der Waals surface area contributed by atoms with Gasteiger partial charge in [-0.25, -0.2) is 4.67 Å². The fraction of sp³-hybridized carbons (Fsp3) is 0.647. The van der Waals surface area contributed by atoms with E-state index in [-0.39, 0.29) is 18.8 Å². The maximum atomic E-state index is 9.83. The summed E-state index contributed by atoms with van der Waals surface area (Å²) in [7, 11) is 4.76. The normalized spacial score (nSPS) is 46.0. The third-order valence-electron chi connectivity index (χ3n) is 5.66. The van der Waals surface area contributed by atoms with Gasteiger partial charge in [0.15, 0.2) is 0 Å². The predicted molar refractivity (Wildman–Crippen MR) is 92.0 cm³/mol. The predicted octanol–water partition coefficient (Wildman–Crippen LogP) is 1.49. The van der Waals surface area contributed by atoms with Crippen molar-refractivity contribution in [2.24, 2.45) is 0 Å². The number of hydrogen-bond acceptors (Lipinski definition) is 6. The third kappa shape index (κ3) is 2.53. The summed E-state index contributed by atoms with van der Waals surface area (Å²) < 4.78 is 26.5. The highest BCUT2D eigenvalue weighted by Crippen LogP contribution is 2.62. The van der Waals surface area contributed by atoms with E-state index in [0.717, 1.165) is 19.4 Å². The van der Waals surface area contributed by atoms with Crippen LogP contribution < -0.4 is 0 Å². The molecule has 25 heavy (non-hydrogen) atoms. The first-order valence-corrected chi connectivity index (χ1v) is 9.96. The molecule has 1 aromatic carbocycles. The fourth-order valence-corrected chi connectivity index (χ4v) is 6.40. The summed E-state index contributed by atoms with van der Waals surface area (Å²) in [5, 5.41) is 9.83. The van der Waals surface area contributed by atoms with Crippen molar-refractivity contribution in [1.82, 2.24) is 4.67 Å². The second-order valence-corrected chi connectivity index (χ2v) is 8.57. The molecule has 0 amide bonds. The van der Waals surface area contributed by atoms with Gasteiger partial charge in [-0.2, -0.15) is 0 Å². The SMILES string of the molecule is [B][C@@H]1O[C@@]2(CO)COC1C2OP1OC(c2ccccc2)C2CCCN21. The Kier molecular flexibility index (Phi) is 4.17. The van der Waals surface area contributed by atoms with E-state index in [2.05, 4.69) is 16.8 Å². The van der Waals surface area contributed by atoms with Crippen LogP contribution in [0.25, 0.3) is 0 Å². The van der Waals surface area contributed by atoms with Crippen LogP contribution in [0.2, 0.25) is 0 Å². The number of hydrogen-bond donors (Lipinski definition) is 1. The highest BCUT2D eigenvalue weighted by atomic mass is 31.2. The summed E-state index contributed by atoms with van der Waals surface area (Å²) >= 11 is 0. The van der Waals surface area contributed by atoms with Gasteiger partial charge in [0.1, 0.15) is 31.8 Å². The summed E-state index contributed by atoms with van der Waals surface area (Å²) in [4.78, 5) is 0. The van der Waals surface area contributed by atoms with Gasteiger partial charge in [0, 0.05) is 18.6 Å². The Labute approximate surface area is 149 Å². The Morgan fingerprint density at radius 3 is 2.96 bits per heavy atom. The highest BCUT2D eigenvalue weighted by Gasteiger charge is 2.62. The van der Waals surface area contributed by atoms with E-state index < -0.39 is 26.2 Å². The Balaban J connectivity index is 1.38. The van der Waals surface area contributed by atoms with Gasteiger partial charge in [-0.15, -0.1) is 0 Å². The van der Waals surface area contributed by atoms with Crippen molar-refractivity contribution in [3.63, 3.8) is 0 Å². The van der Waals surface area contributed by atoms with Crippen molar-refractivity contribution in [3.8, 4) is 0 Å². The minimum atomic E-state index is -1.22. The van der Waals surface area contributed by atoms with E-state index in [4.69, 9.17) is 26.4 Å². The lowest BCUT2D eigenvalue weighted by molar-refractivity contribution is -0.135. The smallest absolute Gasteiger partial charge is 0.260 e. The molecule has 0 spiro atoms. The molecular formula is C17H21BNO5P. The van der Waals surface area contributed by atoms with E-state index in [0.29, 0.717) is 12.6 Å². The van der Waals surface area contributed by atoms with Crippen molar-refractivity contribution in [3.05, 3.63) is 35.9 Å². The second-order valence-electron chi connectivity index (χ2n) is 7.15. The van der Waals surface area contributed by atoms with E-state index in [9.17, 15) is 5.11 Å². The third-order valence-corrected chi connectivity index (χ3v) is 7.40. The van der Waals surface area contributed by atoms with Crippen LogP contribution in [0.3, 0.4) is 0 Å². The van der Waals surface area contributed by atoms with Crippen LogP contribution in [0.15, 0.2) is 30.3 Å². The molecule has 6 nitrogen and oxygen atoms in total. The van der Waals surface area contributed by atoms with Gasteiger partial charge in [0.25, 0.3) is 8.53 Å². The van der Waals surface area contributed by atoms with Crippen molar-refractivity contribution in [2.75, 3.05) is 19.8 Å². The van der Waals surface area contributed by atoms with Crippen LogP contribution in [0.4, 0.5) is 0 Å². The Morgan fingerprint density at radius 2 is 2.20 bits per heavy atom. The summed E-state index contributed by atoms with van der Waals surface area (Å²) in [6, 6.07) is 10.1. The lowest BCUT2D eigenvalue weighted by atomic mass is 9.92. The first kappa shape index (κ1) is 16.6. The molecule has 0 aromatic heterocycles. The van der Waals surface area contributed by atoms with Crippen molar-refractivity contribution in [1.29, 1.82) is 0 Å². The molecule has 2 bridgehead atoms. The van der Waals surface area contributed by atoms with Crippen LogP contribution in [0.1, 0.15) is 24.5 Å². The molecule has 4 aliphatic rings. The van der Waals surface area contributed by atoms with Crippen molar-refractivity contribution in [2.45, 2.75) is 48.8 Å². The lowest BCUT2D eigenvalue weighted by Gasteiger charge is -2.30. The minimum Gasteiger partial charge on any atom is -0.393 e. The molecule has 5 rings (SSSR count). The van der Waals surface area contributed by atoms with Crippen LogP contribution in [0.5, 0.6) is 0 Å². The van der Waals surface area contributed by atoms with Gasteiger partial charge in [-0.05, 0) is 18.4 Å². The Morgan fingerprint density at radius 1 is 1.36 bits per heavy atom. The maximum Gasteiger partial charge on any atom is 0.260 e. The van der Waals surface area contributed by atoms with E-state index in [1.54, 1.807) is 0 Å². The van der Waals surface area contributed by atoms with Crippen LogP contribution in [-0.4, -0.2) is 67.2 Å². The summed E-state index contributed by atoms with van der Waals surface area (Å²) in [5.74, 6) is 0. The largest absolute Gasteiger partial charge is 0.393 e. The molecule has 8 heteroatoms. The Bertz CT molecular complexity index is 639. The van der Waals surface area contributed by atoms with Crippen molar-refractivity contribution >= 4 is 16.4 Å². The molecule has 0 aliphatic carbocycles. The number of fused-ring (bicyclic) bond motifs is 3. The van der Waals surface area contributed by atoms with Crippen LogP contribution in [0, 0.1) is 0 Å². The fourth-order valence-electron chi connectivity index (χ4n) is 4.37. The number of rotatable bonds is 4. The molecule has 2 radical (unpaired) electrons. The Hall–Kier alpha value is -0.525. The molecule has 1 N–H and O–H groups in total. The number of nitrogens with zero attached hydrogens (tertiary/aromatic N) is 1. The molecule has 132 valence electrons. The molecule has 7 atom stereocenters. The first-order valence-electron chi connectivity index (χ1n) is 8.83. The molecule has 4 aliphatic heterocycles. The average molecular weight is 361 g/mol. The van der Waals surface area contributed by atoms with Gasteiger partial charge >= 0.3 is 0 Å². The molecular weight excluding hydrogens is 340 g/mol. The maximum absolute atomic E-state index is 9.83. The number of aliphatic hydroxyl groups is 1. The second kappa shape index (κ2) is 6.27. The van der Waals surface area contributed by atoms with Gasteiger partial charge in [-0.1, -0.05) is 30.3 Å². The van der Waals surface area contributed by atoms with Crippen LogP contribution in [-0.2, 0) is 18.5 Å². The molecule has 5 unspecified atom stereocenters. The summed E-state index contributed by atoms with van der Waals surface area (Å²) in [6.45, 7) is 1.11. The van der Waals surface area contributed by atoms with E-state index >= 15 is 0 Å². The van der Waals surface area contributed by atoms with Crippen LogP contribution >= 0.6 is 8.53 Å². The molecule has 4 heterocycles. The number of aliphatic hydroxyl groups excluding tert-OH is 1. The summed E-state index contributed by atoms with van der Waals surface area (Å²) in [6.07, 6.45) is 1.53. The average Bonchev–Trinajstić information content (AvgIpc) is 3.37. The topological polar surface area (TPSA) is 60.4 Å². The van der Waals surface area contributed by atoms with Gasteiger partial charge < -0.3 is 23.6 Å². The monoisotopic (exact) mass is 361 g/mol. The van der Waals surface area contributed by atoms with Gasteiger partial charge in [0.2, 0.25) is 0 Å². The highest BCUT2D eigenvalue weighted by molar-refractivity contribution is 7.45. The first-order chi connectivity index (χ1) is 12.2. The molecule has 4 saturated heterocycles. The van der Waals surface area contributed by atoms with Gasteiger partial charge in [-0.3, -0.25) is 0 Å². The lowest BCUT2D eigenvalue weighted by Crippen LogP contribution is -2.45. The van der Waals surface area contributed by atoms with Crippen molar-refractivity contribution < 1.29 is 23.6 Å². The van der Waals surface area contributed by atoms with Gasteiger partial charge in [0.05, 0.1) is 13.2 Å². The molecule has 1 aromatic rings. The molecule has 4 fully saturated rings. The number of ether oxygens (including phenoxy) is 2. The zero-order chi connectivity index (χ0) is 17.0. The van der Waals surface area contributed by atoms with E-state index in [1.807, 2.05) is 18.2 Å². The zero-order valence-electron chi connectivity index (χ0n) is 13.9. The molecule has 0 saturated carbocycles.